The first kappa shape index (κ1) is 14.7. The van der Waals surface area contributed by atoms with E-state index in [9.17, 15) is 0 Å². The molecule has 4 nitrogen and oxygen atoms in total. The molecule has 0 atom stereocenters. The number of fused-ring (bicyclic) bond motifs is 2. The molecule has 1 aromatic heterocycles. The van der Waals surface area contributed by atoms with Crippen LogP contribution in [-0.2, 0) is 6.54 Å². The fraction of sp³-hybridized carbons (Fsp3) is 0.333. The van der Waals surface area contributed by atoms with Gasteiger partial charge in [0.2, 0.25) is 11.0 Å². The van der Waals surface area contributed by atoms with Crippen LogP contribution in [0.4, 0.5) is 0 Å². The summed E-state index contributed by atoms with van der Waals surface area (Å²) in [6, 6.07) is 14.4. The molecule has 0 aliphatic rings. The number of aromatic nitrogens is 2. The van der Waals surface area contributed by atoms with E-state index >= 15 is 0 Å². The van der Waals surface area contributed by atoms with Gasteiger partial charge < -0.3 is 10.5 Å². The van der Waals surface area contributed by atoms with Gasteiger partial charge in [0.15, 0.2) is 11.3 Å². The normalized spacial score (nSPS) is 11.2. The second-order valence-corrected chi connectivity index (χ2v) is 5.31. The standard InChI is InChI=1S/C18H22N3O/c1-2-21-15-9-4-3-8-14(15)20-18-16(21)10-7-11-17(18)22-13-6-5-12-19/h3-4,7-11H,2,5-6,12-13,19H2,1H3/q+1. The highest BCUT2D eigenvalue weighted by atomic mass is 16.5. The van der Waals surface area contributed by atoms with E-state index in [0.717, 1.165) is 47.2 Å². The topological polar surface area (TPSA) is 52.0 Å². The molecule has 4 heteroatoms. The smallest absolute Gasteiger partial charge is 0.235 e. The number of hydrogen-bond donors (Lipinski definition) is 1. The van der Waals surface area contributed by atoms with Crippen LogP contribution in [0, 0.1) is 0 Å². The van der Waals surface area contributed by atoms with Crippen LogP contribution in [0.15, 0.2) is 42.5 Å². The molecular weight excluding hydrogens is 274 g/mol. The van der Waals surface area contributed by atoms with Gasteiger partial charge in [0.25, 0.3) is 0 Å². The Bertz CT molecular complexity index is 786. The molecule has 3 aromatic rings. The third kappa shape index (κ3) is 2.74. The quantitative estimate of drug-likeness (QED) is 0.432. The summed E-state index contributed by atoms with van der Waals surface area (Å²) in [6.45, 7) is 4.44. The van der Waals surface area contributed by atoms with Crippen LogP contribution in [-0.4, -0.2) is 18.1 Å². The Balaban J connectivity index is 2.09. The molecule has 0 saturated heterocycles. The van der Waals surface area contributed by atoms with Crippen molar-refractivity contribution in [3.05, 3.63) is 42.5 Å². The predicted octanol–water partition coefficient (Wildman–Crippen LogP) is 2.81. The second kappa shape index (κ2) is 6.71. The van der Waals surface area contributed by atoms with Crippen molar-refractivity contribution in [1.82, 2.24) is 4.98 Å². The zero-order valence-electron chi connectivity index (χ0n) is 13.0. The number of benzene rings is 2. The minimum Gasteiger partial charge on any atom is -0.491 e. The number of ether oxygens (including phenoxy) is 1. The van der Waals surface area contributed by atoms with Gasteiger partial charge in [0.1, 0.15) is 12.1 Å². The fourth-order valence-electron chi connectivity index (χ4n) is 2.76. The van der Waals surface area contributed by atoms with Gasteiger partial charge in [-0.2, -0.15) is 4.57 Å². The fourth-order valence-corrected chi connectivity index (χ4v) is 2.76. The molecule has 0 radical (unpaired) electrons. The highest BCUT2D eigenvalue weighted by Gasteiger charge is 2.17. The van der Waals surface area contributed by atoms with E-state index in [-0.39, 0.29) is 0 Å². The second-order valence-electron chi connectivity index (χ2n) is 5.31. The van der Waals surface area contributed by atoms with Crippen molar-refractivity contribution < 1.29 is 9.30 Å². The maximum Gasteiger partial charge on any atom is 0.235 e. The van der Waals surface area contributed by atoms with Crippen molar-refractivity contribution in [2.45, 2.75) is 26.3 Å². The Morgan fingerprint density at radius 1 is 1.05 bits per heavy atom. The number of para-hydroxylation sites is 3. The molecule has 22 heavy (non-hydrogen) atoms. The predicted molar refractivity (Wildman–Crippen MR) is 88.9 cm³/mol. The molecule has 0 aliphatic carbocycles. The number of hydrogen-bond acceptors (Lipinski definition) is 3. The van der Waals surface area contributed by atoms with Crippen molar-refractivity contribution >= 4 is 22.1 Å². The Morgan fingerprint density at radius 3 is 2.68 bits per heavy atom. The van der Waals surface area contributed by atoms with Gasteiger partial charge in [0, 0.05) is 12.1 Å². The van der Waals surface area contributed by atoms with Crippen molar-refractivity contribution in [1.29, 1.82) is 0 Å². The summed E-state index contributed by atoms with van der Waals surface area (Å²) in [5.74, 6) is 0.850. The highest BCUT2D eigenvalue weighted by molar-refractivity contribution is 5.85. The number of unbranched alkanes of at least 4 members (excludes halogenated alkanes) is 1. The Hall–Kier alpha value is -2.20. The number of rotatable bonds is 6. The lowest BCUT2D eigenvalue weighted by molar-refractivity contribution is -0.641. The van der Waals surface area contributed by atoms with E-state index < -0.39 is 0 Å². The van der Waals surface area contributed by atoms with Gasteiger partial charge >= 0.3 is 0 Å². The SMILES string of the molecule is CC[n+]1c2ccccc2nc2c(OCCCCN)cccc21. The first-order valence-corrected chi connectivity index (χ1v) is 7.89. The molecule has 2 N–H and O–H groups in total. The lowest BCUT2D eigenvalue weighted by atomic mass is 10.2. The van der Waals surface area contributed by atoms with Gasteiger partial charge in [-0.1, -0.05) is 18.2 Å². The highest BCUT2D eigenvalue weighted by Crippen LogP contribution is 2.24. The zero-order valence-corrected chi connectivity index (χ0v) is 13.0. The maximum absolute atomic E-state index is 5.94. The minimum absolute atomic E-state index is 0.678. The minimum atomic E-state index is 0.678. The van der Waals surface area contributed by atoms with E-state index in [1.54, 1.807) is 0 Å². The third-order valence-corrected chi connectivity index (χ3v) is 3.85. The van der Waals surface area contributed by atoms with E-state index in [1.165, 1.54) is 0 Å². The van der Waals surface area contributed by atoms with Crippen LogP contribution in [0.2, 0.25) is 0 Å². The van der Waals surface area contributed by atoms with Crippen LogP contribution in [0.25, 0.3) is 22.1 Å². The van der Waals surface area contributed by atoms with Crippen LogP contribution in [0.1, 0.15) is 19.8 Å². The summed E-state index contributed by atoms with van der Waals surface area (Å²) >= 11 is 0. The van der Waals surface area contributed by atoms with Gasteiger partial charge in [-0.3, -0.25) is 0 Å². The van der Waals surface area contributed by atoms with Crippen molar-refractivity contribution in [3.63, 3.8) is 0 Å². The Morgan fingerprint density at radius 2 is 1.86 bits per heavy atom. The summed E-state index contributed by atoms with van der Waals surface area (Å²) in [4.78, 5) is 4.81. The molecule has 1 heterocycles. The molecule has 0 aliphatic heterocycles. The van der Waals surface area contributed by atoms with Crippen molar-refractivity contribution in [2.75, 3.05) is 13.2 Å². The summed E-state index contributed by atoms with van der Waals surface area (Å²) in [5, 5.41) is 0. The third-order valence-electron chi connectivity index (χ3n) is 3.85. The molecule has 0 fully saturated rings. The maximum atomic E-state index is 5.94. The Labute approximate surface area is 130 Å². The van der Waals surface area contributed by atoms with Crippen LogP contribution in [0.3, 0.4) is 0 Å². The summed E-state index contributed by atoms with van der Waals surface area (Å²) in [5.41, 5.74) is 9.71. The van der Waals surface area contributed by atoms with Crippen LogP contribution >= 0.6 is 0 Å². The monoisotopic (exact) mass is 296 g/mol. The molecule has 0 saturated carbocycles. The number of nitrogens with zero attached hydrogens (tertiary/aromatic N) is 2. The van der Waals surface area contributed by atoms with Gasteiger partial charge in [0.05, 0.1) is 6.61 Å². The average molecular weight is 296 g/mol. The molecule has 2 aromatic carbocycles. The molecule has 0 unspecified atom stereocenters. The first-order valence-electron chi connectivity index (χ1n) is 7.89. The summed E-state index contributed by atoms with van der Waals surface area (Å²) in [7, 11) is 0. The van der Waals surface area contributed by atoms with Crippen LogP contribution in [0.5, 0.6) is 5.75 Å². The molecular formula is C18H22N3O+. The molecule has 0 bridgehead atoms. The Kier molecular flexibility index (Phi) is 4.49. The number of aryl methyl sites for hydroxylation is 1. The van der Waals surface area contributed by atoms with Gasteiger partial charge in [-0.05, 0) is 38.4 Å². The van der Waals surface area contributed by atoms with E-state index in [0.29, 0.717) is 13.2 Å². The van der Waals surface area contributed by atoms with E-state index in [2.05, 4.69) is 29.7 Å². The molecule has 0 spiro atoms. The molecule has 3 rings (SSSR count). The van der Waals surface area contributed by atoms with Crippen molar-refractivity contribution in [2.24, 2.45) is 5.73 Å². The van der Waals surface area contributed by atoms with E-state index in [4.69, 9.17) is 15.5 Å². The van der Waals surface area contributed by atoms with Gasteiger partial charge in [-0.25, -0.2) is 4.98 Å². The van der Waals surface area contributed by atoms with Crippen molar-refractivity contribution in [3.8, 4) is 5.75 Å². The largest absolute Gasteiger partial charge is 0.491 e. The van der Waals surface area contributed by atoms with E-state index in [1.807, 2.05) is 24.3 Å². The van der Waals surface area contributed by atoms with Gasteiger partial charge in [-0.15, -0.1) is 0 Å². The molecule has 114 valence electrons. The lowest BCUT2D eigenvalue weighted by Crippen LogP contribution is -2.34. The molecule has 0 amide bonds. The summed E-state index contributed by atoms with van der Waals surface area (Å²) < 4.78 is 8.22. The lowest BCUT2D eigenvalue weighted by Gasteiger charge is -2.09. The first-order chi connectivity index (χ1) is 10.8. The average Bonchev–Trinajstić information content (AvgIpc) is 2.56. The van der Waals surface area contributed by atoms with Crippen LogP contribution < -0.4 is 15.0 Å². The summed E-state index contributed by atoms with van der Waals surface area (Å²) in [6.07, 6.45) is 1.95. The number of nitrogens with two attached hydrogens (primary N) is 1. The zero-order chi connectivity index (χ0) is 15.4.